The van der Waals surface area contributed by atoms with Crippen LogP contribution in [0, 0.1) is 5.82 Å². The number of phenolic OH excluding ortho intramolecular Hbond substituents is 1. The van der Waals surface area contributed by atoms with Crippen molar-refractivity contribution in [2.45, 2.75) is 19.4 Å². The first-order valence-electron chi connectivity index (χ1n) is 3.73. The summed E-state index contributed by atoms with van der Waals surface area (Å²) in [6.07, 6.45) is 0. The van der Waals surface area contributed by atoms with Gasteiger partial charge in [0.2, 0.25) is 0 Å². The SMILES string of the molecule is CC(C)(O)c1cc(F)c(O)c(Cl)c1. The smallest absolute Gasteiger partial charge is 0.170 e. The van der Waals surface area contributed by atoms with E-state index in [2.05, 4.69) is 0 Å². The Bertz CT molecular complexity index is 308. The molecule has 0 atom stereocenters. The molecule has 0 aromatic heterocycles. The Morgan fingerprint density at radius 3 is 2.31 bits per heavy atom. The second-order valence-electron chi connectivity index (χ2n) is 3.35. The highest BCUT2D eigenvalue weighted by atomic mass is 35.5. The molecule has 2 nitrogen and oxygen atoms in total. The zero-order valence-corrected chi connectivity index (χ0v) is 8.06. The van der Waals surface area contributed by atoms with Gasteiger partial charge in [-0.1, -0.05) is 11.6 Å². The molecular weight excluding hydrogens is 195 g/mol. The van der Waals surface area contributed by atoms with E-state index in [1.165, 1.54) is 19.9 Å². The quantitative estimate of drug-likeness (QED) is 0.738. The maximum Gasteiger partial charge on any atom is 0.170 e. The number of benzene rings is 1. The number of phenols is 1. The van der Waals surface area contributed by atoms with Crippen molar-refractivity contribution in [1.29, 1.82) is 0 Å². The molecule has 0 aliphatic rings. The van der Waals surface area contributed by atoms with Crippen LogP contribution in [0.3, 0.4) is 0 Å². The lowest BCUT2D eigenvalue weighted by molar-refractivity contribution is 0.0781. The number of rotatable bonds is 1. The summed E-state index contributed by atoms with van der Waals surface area (Å²) in [6, 6.07) is 2.39. The van der Waals surface area contributed by atoms with Crippen LogP contribution in [0.4, 0.5) is 4.39 Å². The predicted octanol–water partition coefficient (Wildman–Crippen LogP) is 2.41. The molecule has 0 bridgehead atoms. The van der Waals surface area contributed by atoms with Crippen LogP contribution in [-0.2, 0) is 5.60 Å². The zero-order valence-electron chi connectivity index (χ0n) is 7.31. The minimum absolute atomic E-state index is 0.0999. The van der Waals surface area contributed by atoms with Gasteiger partial charge < -0.3 is 10.2 Å². The van der Waals surface area contributed by atoms with E-state index in [1.54, 1.807) is 0 Å². The number of halogens is 2. The molecule has 13 heavy (non-hydrogen) atoms. The molecule has 0 saturated heterocycles. The molecule has 0 aliphatic heterocycles. The largest absolute Gasteiger partial charge is 0.504 e. The van der Waals surface area contributed by atoms with Crippen LogP contribution < -0.4 is 0 Å². The molecule has 0 fully saturated rings. The Morgan fingerprint density at radius 2 is 1.92 bits per heavy atom. The highest BCUT2D eigenvalue weighted by molar-refractivity contribution is 6.32. The van der Waals surface area contributed by atoms with Gasteiger partial charge in [0.25, 0.3) is 0 Å². The molecule has 1 aromatic carbocycles. The van der Waals surface area contributed by atoms with Crippen molar-refractivity contribution in [3.8, 4) is 5.75 Å². The van der Waals surface area contributed by atoms with Crippen molar-refractivity contribution in [2.75, 3.05) is 0 Å². The fourth-order valence-electron chi connectivity index (χ4n) is 0.919. The van der Waals surface area contributed by atoms with Crippen LogP contribution in [0.5, 0.6) is 5.75 Å². The molecule has 1 aromatic rings. The third kappa shape index (κ3) is 2.11. The van der Waals surface area contributed by atoms with E-state index in [1.807, 2.05) is 0 Å². The normalized spacial score (nSPS) is 11.8. The van der Waals surface area contributed by atoms with Gasteiger partial charge in [-0.05, 0) is 31.5 Å². The van der Waals surface area contributed by atoms with Gasteiger partial charge in [-0.15, -0.1) is 0 Å². The first-order chi connectivity index (χ1) is 5.82. The lowest BCUT2D eigenvalue weighted by Gasteiger charge is -2.18. The second kappa shape index (κ2) is 3.16. The topological polar surface area (TPSA) is 40.5 Å². The molecule has 2 N–H and O–H groups in total. The molecule has 0 radical (unpaired) electrons. The molecule has 72 valence electrons. The molecule has 0 saturated carbocycles. The van der Waals surface area contributed by atoms with E-state index in [0.29, 0.717) is 5.56 Å². The average Bonchev–Trinajstić information content (AvgIpc) is 1.97. The van der Waals surface area contributed by atoms with E-state index < -0.39 is 17.2 Å². The molecule has 0 aliphatic carbocycles. The molecule has 0 unspecified atom stereocenters. The molecule has 0 heterocycles. The van der Waals surface area contributed by atoms with Gasteiger partial charge in [0, 0.05) is 0 Å². The second-order valence-corrected chi connectivity index (χ2v) is 3.75. The van der Waals surface area contributed by atoms with Crippen molar-refractivity contribution in [3.05, 3.63) is 28.5 Å². The Labute approximate surface area is 80.6 Å². The van der Waals surface area contributed by atoms with E-state index in [4.69, 9.17) is 16.7 Å². The van der Waals surface area contributed by atoms with Gasteiger partial charge in [0.15, 0.2) is 11.6 Å². The molecule has 0 spiro atoms. The fourth-order valence-corrected chi connectivity index (χ4v) is 1.13. The number of hydrogen-bond donors (Lipinski definition) is 2. The van der Waals surface area contributed by atoms with Gasteiger partial charge in [0.05, 0.1) is 10.6 Å². The molecule has 0 amide bonds. The Morgan fingerprint density at radius 1 is 1.38 bits per heavy atom. The van der Waals surface area contributed by atoms with Crippen LogP contribution in [-0.4, -0.2) is 10.2 Å². The number of hydrogen-bond acceptors (Lipinski definition) is 2. The zero-order chi connectivity index (χ0) is 10.2. The number of aromatic hydroxyl groups is 1. The summed E-state index contributed by atoms with van der Waals surface area (Å²) < 4.78 is 12.9. The van der Waals surface area contributed by atoms with Gasteiger partial charge in [-0.2, -0.15) is 0 Å². The van der Waals surface area contributed by atoms with Crippen molar-refractivity contribution in [2.24, 2.45) is 0 Å². The Balaban J connectivity index is 3.29. The van der Waals surface area contributed by atoms with Crippen molar-refractivity contribution in [1.82, 2.24) is 0 Å². The Hall–Kier alpha value is -0.800. The van der Waals surface area contributed by atoms with E-state index in [0.717, 1.165) is 6.07 Å². The summed E-state index contributed by atoms with van der Waals surface area (Å²) in [6.45, 7) is 3.02. The first-order valence-corrected chi connectivity index (χ1v) is 4.11. The van der Waals surface area contributed by atoms with Gasteiger partial charge in [-0.25, -0.2) is 4.39 Å². The molecular formula is C9H10ClFO2. The monoisotopic (exact) mass is 204 g/mol. The first kappa shape index (κ1) is 10.3. The summed E-state index contributed by atoms with van der Waals surface area (Å²) in [7, 11) is 0. The Kier molecular flexibility index (Phi) is 2.50. The summed E-state index contributed by atoms with van der Waals surface area (Å²) in [4.78, 5) is 0. The van der Waals surface area contributed by atoms with Crippen molar-refractivity contribution >= 4 is 11.6 Å². The van der Waals surface area contributed by atoms with Crippen molar-refractivity contribution in [3.63, 3.8) is 0 Å². The summed E-state index contributed by atoms with van der Waals surface area (Å²) >= 11 is 5.52. The van der Waals surface area contributed by atoms with Crippen LogP contribution in [0.15, 0.2) is 12.1 Å². The number of aliphatic hydroxyl groups is 1. The van der Waals surface area contributed by atoms with E-state index in [-0.39, 0.29) is 5.02 Å². The van der Waals surface area contributed by atoms with E-state index >= 15 is 0 Å². The van der Waals surface area contributed by atoms with Crippen LogP contribution >= 0.6 is 11.6 Å². The minimum Gasteiger partial charge on any atom is -0.504 e. The standard InChI is InChI=1S/C9H10ClFO2/c1-9(2,13)5-3-6(10)8(12)7(11)4-5/h3-4,12-13H,1-2H3. The van der Waals surface area contributed by atoms with Crippen LogP contribution in [0.25, 0.3) is 0 Å². The third-order valence-corrected chi connectivity index (χ3v) is 2.01. The van der Waals surface area contributed by atoms with Gasteiger partial charge in [0.1, 0.15) is 0 Å². The minimum atomic E-state index is -1.17. The maximum absolute atomic E-state index is 12.9. The predicted molar refractivity (Wildman–Crippen MR) is 48.3 cm³/mol. The van der Waals surface area contributed by atoms with Crippen LogP contribution in [0.2, 0.25) is 5.02 Å². The molecule has 4 heteroatoms. The van der Waals surface area contributed by atoms with Crippen molar-refractivity contribution < 1.29 is 14.6 Å². The van der Waals surface area contributed by atoms with Crippen LogP contribution in [0.1, 0.15) is 19.4 Å². The highest BCUT2D eigenvalue weighted by Crippen LogP contribution is 2.31. The van der Waals surface area contributed by atoms with Gasteiger partial charge >= 0.3 is 0 Å². The highest BCUT2D eigenvalue weighted by Gasteiger charge is 2.19. The fraction of sp³-hybridized carbons (Fsp3) is 0.333. The maximum atomic E-state index is 12.9. The summed E-state index contributed by atoms with van der Waals surface area (Å²) in [5, 5.41) is 18.4. The average molecular weight is 205 g/mol. The lowest BCUT2D eigenvalue weighted by Crippen LogP contribution is -2.15. The summed E-state index contributed by atoms with van der Waals surface area (Å²) in [5.74, 6) is -1.42. The lowest BCUT2D eigenvalue weighted by atomic mass is 9.98. The molecule has 1 rings (SSSR count). The summed E-state index contributed by atoms with van der Waals surface area (Å²) in [5.41, 5.74) is -0.842. The van der Waals surface area contributed by atoms with Gasteiger partial charge in [-0.3, -0.25) is 0 Å². The third-order valence-electron chi connectivity index (χ3n) is 1.72. The van der Waals surface area contributed by atoms with E-state index in [9.17, 15) is 9.50 Å².